The number of carbonyl (C=O) groups excluding carboxylic acids is 1. The number of aromatic amines is 1. The maximum absolute atomic E-state index is 12.7. The topological polar surface area (TPSA) is 83.1 Å². The number of carbonyl (C=O) groups is 1. The zero-order valence-corrected chi connectivity index (χ0v) is 15.7. The highest BCUT2D eigenvalue weighted by Gasteiger charge is 2.14. The molecule has 2 heterocycles. The molecule has 0 bridgehead atoms. The zero-order valence-electron chi connectivity index (χ0n) is 15.7. The van der Waals surface area contributed by atoms with Gasteiger partial charge >= 0.3 is 0 Å². The molecular weight excluding hydrogens is 342 g/mol. The van der Waals surface area contributed by atoms with Gasteiger partial charge in [0.05, 0.1) is 24.2 Å². The first kappa shape index (κ1) is 18.4. The Morgan fingerprint density at radius 3 is 2.81 bits per heavy atom. The van der Waals surface area contributed by atoms with Gasteiger partial charge in [0.15, 0.2) is 0 Å². The van der Waals surface area contributed by atoms with Crippen molar-refractivity contribution in [2.24, 2.45) is 0 Å². The van der Waals surface area contributed by atoms with Crippen LogP contribution in [0.1, 0.15) is 23.8 Å². The van der Waals surface area contributed by atoms with Crippen molar-refractivity contribution in [1.29, 1.82) is 0 Å². The average molecular weight is 365 g/mol. The maximum atomic E-state index is 12.7. The average Bonchev–Trinajstić information content (AvgIpc) is 3.23. The van der Waals surface area contributed by atoms with Crippen LogP contribution in [0.15, 0.2) is 48.7 Å². The summed E-state index contributed by atoms with van der Waals surface area (Å²) in [4.78, 5) is 19.2. The lowest BCUT2D eigenvalue weighted by atomic mass is 10.2. The molecule has 140 valence electrons. The van der Waals surface area contributed by atoms with Crippen molar-refractivity contribution >= 4 is 17.3 Å². The van der Waals surface area contributed by atoms with Gasteiger partial charge in [0.25, 0.3) is 5.91 Å². The number of anilines is 2. The van der Waals surface area contributed by atoms with Crippen LogP contribution >= 0.6 is 0 Å². The Bertz CT molecular complexity index is 908. The smallest absolute Gasteiger partial charge is 0.274 e. The molecule has 0 radical (unpaired) electrons. The summed E-state index contributed by atoms with van der Waals surface area (Å²) in [6, 6.07) is 12.8. The van der Waals surface area contributed by atoms with Gasteiger partial charge in [0.1, 0.15) is 11.4 Å². The number of nitrogens with one attached hydrogen (secondary N) is 2. The monoisotopic (exact) mass is 365 g/mol. The minimum Gasteiger partial charge on any atom is -0.494 e. The molecule has 7 heteroatoms. The molecule has 2 aromatic heterocycles. The van der Waals surface area contributed by atoms with Crippen molar-refractivity contribution in [3.8, 4) is 17.1 Å². The lowest BCUT2D eigenvalue weighted by Gasteiger charge is -2.20. The van der Waals surface area contributed by atoms with E-state index in [1.54, 1.807) is 31.5 Å². The summed E-state index contributed by atoms with van der Waals surface area (Å²) in [5.41, 5.74) is 3.36. The van der Waals surface area contributed by atoms with E-state index in [4.69, 9.17) is 4.74 Å². The molecule has 2 N–H and O–H groups in total. The van der Waals surface area contributed by atoms with Gasteiger partial charge in [-0.05, 0) is 36.8 Å². The molecule has 1 aromatic carbocycles. The van der Waals surface area contributed by atoms with E-state index in [1.165, 1.54) is 0 Å². The van der Waals surface area contributed by atoms with Crippen molar-refractivity contribution in [3.05, 3.63) is 54.4 Å². The van der Waals surface area contributed by atoms with Gasteiger partial charge in [-0.25, -0.2) is 4.98 Å². The molecule has 0 aliphatic heterocycles. The number of nitrogens with zero attached hydrogens (tertiary/aromatic N) is 3. The molecule has 0 unspecified atom stereocenters. The maximum Gasteiger partial charge on any atom is 0.274 e. The van der Waals surface area contributed by atoms with Crippen LogP contribution in [0.4, 0.5) is 11.4 Å². The number of rotatable bonds is 7. The SMILES string of the molecule is CCCN(C)c1ccc(NC(=O)c2cccc(-c3ccn[nH]3)n2)c(OC)c1. The molecule has 0 aliphatic carbocycles. The second-order valence-electron chi connectivity index (χ2n) is 6.14. The quantitative estimate of drug-likeness (QED) is 0.669. The van der Waals surface area contributed by atoms with Crippen molar-refractivity contribution in [3.63, 3.8) is 0 Å². The van der Waals surface area contributed by atoms with Gasteiger partial charge in [-0.2, -0.15) is 5.10 Å². The number of methoxy groups -OCH3 is 1. The van der Waals surface area contributed by atoms with Crippen molar-refractivity contribution < 1.29 is 9.53 Å². The molecule has 0 aliphatic rings. The van der Waals surface area contributed by atoms with Gasteiger partial charge in [-0.3, -0.25) is 9.89 Å². The van der Waals surface area contributed by atoms with Crippen molar-refractivity contribution in [2.45, 2.75) is 13.3 Å². The highest BCUT2D eigenvalue weighted by molar-refractivity contribution is 6.04. The molecule has 0 atom stereocenters. The first-order valence-electron chi connectivity index (χ1n) is 8.79. The third kappa shape index (κ3) is 4.25. The first-order chi connectivity index (χ1) is 13.1. The highest BCUT2D eigenvalue weighted by Crippen LogP contribution is 2.30. The second kappa shape index (κ2) is 8.35. The molecule has 1 amide bonds. The summed E-state index contributed by atoms with van der Waals surface area (Å²) in [7, 11) is 3.62. The summed E-state index contributed by atoms with van der Waals surface area (Å²) in [6.45, 7) is 3.08. The number of benzene rings is 1. The lowest BCUT2D eigenvalue weighted by Crippen LogP contribution is -2.18. The summed E-state index contributed by atoms with van der Waals surface area (Å²) in [5, 5.41) is 9.64. The number of amides is 1. The van der Waals surface area contributed by atoms with Crippen LogP contribution < -0.4 is 15.0 Å². The van der Waals surface area contributed by atoms with Crippen LogP contribution in [0.25, 0.3) is 11.4 Å². The third-order valence-corrected chi connectivity index (χ3v) is 4.19. The number of ether oxygens (including phenoxy) is 1. The predicted molar refractivity (Wildman–Crippen MR) is 106 cm³/mol. The summed E-state index contributed by atoms with van der Waals surface area (Å²) < 4.78 is 5.46. The fourth-order valence-electron chi connectivity index (χ4n) is 2.78. The van der Waals surface area contributed by atoms with Crippen molar-refractivity contribution in [2.75, 3.05) is 30.9 Å². The minimum atomic E-state index is -0.302. The van der Waals surface area contributed by atoms with Crippen molar-refractivity contribution in [1.82, 2.24) is 15.2 Å². The Hall–Kier alpha value is -3.35. The van der Waals surface area contributed by atoms with Gasteiger partial charge in [0.2, 0.25) is 0 Å². The van der Waals surface area contributed by atoms with E-state index in [2.05, 4.69) is 32.3 Å². The summed E-state index contributed by atoms with van der Waals surface area (Å²) >= 11 is 0. The number of pyridine rings is 1. The van der Waals surface area contributed by atoms with Gasteiger partial charge in [-0.1, -0.05) is 13.0 Å². The molecule has 0 saturated carbocycles. The molecule has 3 rings (SSSR count). The number of H-pyrrole nitrogens is 1. The Morgan fingerprint density at radius 1 is 1.26 bits per heavy atom. The molecule has 0 spiro atoms. The Kier molecular flexibility index (Phi) is 5.71. The molecule has 0 saturated heterocycles. The fraction of sp³-hybridized carbons (Fsp3) is 0.250. The van der Waals surface area contributed by atoms with E-state index in [9.17, 15) is 4.79 Å². The summed E-state index contributed by atoms with van der Waals surface area (Å²) in [5.74, 6) is 0.304. The van der Waals surface area contributed by atoms with Crippen LogP contribution in [0.3, 0.4) is 0 Å². The van der Waals surface area contributed by atoms with Gasteiger partial charge in [0, 0.05) is 31.5 Å². The Labute approximate surface area is 158 Å². The molecular formula is C20H23N5O2. The zero-order chi connectivity index (χ0) is 19.2. The molecule has 7 nitrogen and oxygen atoms in total. The van der Waals surface area contributed by atoms with E-state index in [0.29, 0.717) is 22.8 Å². The van der Waals surface area contributed by atoms with Gasteiger partial charge in [-0.15, -0.1) is 0 Å². The van der Waals surface area contributed by atoms with Crippen LogP contribution in [0.2, 0.25) is 0 Å². The highest BCUT2D eigenvalue weighted by atomic mass is 16.5. The minimum absolute atomic E-state index is 0.302. The number of aromatic nitrogens is 3. The third-order valence-electron chi connectivity index (χ3n) is 4.19. The van der Waals surface area contributed by atoms with Crippen LogP contribution in [-0.2, 0) is 0 Å². The molecule has 27 heavy (non-hydrogen) atoms. The van der Waals surface area contributed by atoms with E-state index < -0.39 is 0 Å². The number of hydrogen-bond acceptors (Lipinski definition) is 5. The van der Waals surface area contributed by atoms with E-state index in [0.717, 1.165) is 24.3 Å². The van der Waals surface area contributed by atoms with Crippen LogP contribution in [0, 0.1) is 0 Å². The Morgan fingerprint density at radius 2 is 2.11 bits per heavy atom. The number of hydrogen-bond donors (Lipinski definition) is 2. The first-order valence-corrected chi connectivity index (χ1v) is 8.79. The standard InChI is InChI=1S/C20H23N5O2/c1-4-12-25(2)14-8-9-17(19(13-14)27-3)23-20(26)18-7-5-6-15(22-18)16-10-11-21-24-16/h5-11,13H,4,12H2,1-3H3,(H,21,24)(H,23,26). The van der Waals surface area contributed by atoms with E-state index >= 15 is 0 Å². The van der Waals surface area contributed by atoms with Gasteiger partial charge < -0.3 is 15.0 Å². The van der Waals surface area contributed by atoms with E-state index in [-0.39, 0.29) is 5.91 Å². The van der Waals surface area contributed by atoms with E-state index in [1.807, 2.05) is 31.3 Å². The fourth-order valence-corrected chi connectivity index (χ4v) is 2.78. The predicted octanol–water partition coefficient (Wildman–Crippen LogP) is 3.58. The van der Waals surface area contributed by atoms with Crippen LogP contribution in [-0.4, -0.2) is 41.8 Å². The Balaban J connectivity index is 1.80. The van der Waals surface area contributed by atoms with Crippen LogP contribution in [0.5, 0.6) is 5.75 Å². The lowest BCUT2D eigenvalue weighted by molar-refractivity contribution is 0.102. The molecule has 3 aromatic rings. The largest absolute Gasteiger partial charge is 0.494 e. The molecule has 0 fully saturated rings. The summed E-state index contributed by atoms with van der Waals surface area (Å²) in [6.07, 6.45) is 2.70. The normalized spacial score (nSPS) is 10.5. The second-order valence-corrected chi connectivity index (χ2v) is 6.14.